The van der Waals surface area contributed by atoms with E-state index in [2.05, 4.69) is 45.7 Å². The topological polar surface area (TPSA) is 86.4 Å². The third kappa shape index (κ3) is 6.29. The van der Waals surface area contributed by atoms with Crippen molar-refractivity contribution >= 4 is 45.5 Å². The van der Waals surface area contributed by atoms with Gasteiger partial charge < -0.3 is 15.5 Å². The van der Waals surface area contributed by atoms with E-state index in [0.717, 1.165) is 30.0 Å². The van der Waals surface area contributed by atoms with Crippen LogP contribution in [0, 0.1) is 6.92 Å². The van der Waals surface area contributed by atoms with Gasteiger partial charge in [0.15, 0.2) is 5.13 Å². The first kappa shape index (κ1) is 22.3. The summed E-state index contributed by atoms with van der Waals surface area (Å²) in [7, 11) is 0. The van der Waals surface area contributed by atoms with Gasteiger partial charge in [0.25, 0.3) is 0 Å². The number of urea groups is 1. The maximum absolute atomic E-state index is 12.5. The van der Waals surface area contributed by atoms with Crippen LogP contribution < -0.4 is 20.9 Å². The quantitative estimate of drug-likeness (QED) is 0.456. The largest absolute Gasteiger partial charge is 0.372 e. The predicted octanol–water partition coefficient (Wildman–Crippen LogP) is 5.12. The second-order valence-corrected chi connectivity index (χ2v) is 7.84. The fraction of sp³-hybridized carbons (Fsp3) is 0.261. The molecule has 3 rings (SSSR count). The molecule has 31 heavy (non-hydrogen) atoms. The number of anilines is 4. The Hall–Kier alpha value is -3.39. The van der Waals surface area contributed by atoms with Gasteiger partial charge in [-0.1, -0.05) is 18.2 Å². The Labute approximate surface area is 186 Å². The molecule has 0 unspecified atom stereocenters. The van der Waals surface area contributed by atoms with Crippen molar-refractivity contribution in [3.8, 4) is 0 Å². The van der Waals surface area contributed by atoms with Crippen molar-refractivity contribution in [3.63, 3.8) is 0 Å². The molecule has 0 saturated carbocycles. The lowest BCUT2D eigenvalue weighted by atomic mass is 10.1. The maximum atomic E-state index is 12.5. The van der Waals surface area contributed by atoms with Crippen LogP contribution in [0.15, 0.2) is 53.9 Å². The standard InChI is InChI=1S/C23H27N5O2S/c1-4-28(5-2)19-11-12-20(16(3)13-19)26-21(29)14-18-15-31-23(25-18)27-22(30)24-17-9-7-6-8-10-17/h6-13,15H,4-5,14H2,1-3H3,(H,26,29)(H2,24,25,27,30). The molecule has 0 aliphatic carbocycles. The Morgan fingerprint density at radius 2 is 1.74 bits per heavy atom. The number of carbonyl (C=O) groups excluding carboxylic acids is 2. The minimum atomic E-state index is -0.375. The molecule has 3 amide bonds. The zero-order valence-corrected chi connectivity index (χ0v) is 18.8. The van der Waals surface area contributed by atoms with E-state index in [1.165, 1.54) is 11.3 Å². The average Bonchev–Trinajstić information content (AvgIpc) is 3.18. The first-order valence-corrected chi connectivity index (χ1v) is 11.1. The maximum Gasteiger partial charge on any atom is 0.325 e. The van der Waals surface area contributed by atoms with Crippen molar-refractivity contribution in [1.29, 1.82) is 0 Å². The number of thiazole rings is 1. The molecule has 1 aromatic heterocycles. The number of aryl methyl sites for hydroxylation is 1. The van der Waals surface area contributed by atoms with Gasteiger partial charge in [0, 0.05) is 35.5 Å². The molecule has 0 bridgehead atoms. The molecule has 0 aliphatic heterocycles. The van der Waals surface area contributed by atoms with E-state index in [4.69, 9.17) is 0 Å². The normalized spacial score (nSPS) is 10.4. The first-order valence-electron chi connectivity index (χ1n) is 10.2. The number of aromatic nitrogens is 1. The third-order valence-electron chi connectivity index (χ3n) is 4.76. The first-order chi connectivity index (χ1) is 15.0. The fourth-order valence-corrected chi connectivity index (χ4v) is 3.86. The van der Waals surface area contributed by atoms with Gasteiger partial charge in [-0.3, -0.25) is 10.1 Å². The molecular formula is C23H27N5O2S. The number of amides is 3. The molecule has 3 N–H and O–H groups in total. The van der Waals surface area contributed by atoms with Crippen LogP contribution in [0.4, 0.5) is 27.0 Å². The van der Waals surface area contributed by atoms with Crippen molar-refractivity contribution in [3.05, 3.63) is 65.2 Å². The molecule has 162 valence electrons. The highest BCUT2D eigenvalue weighted by atomic mass is 32.1. The number of hydrogen-bond acceptors (Lipinski definition) is 5. The van der Waals surface area contributed by atoms with Gasteiger partial charge in [0.2, 0.25) is 5.91 Å². The summed E-state index contributed by atoms with van der Waals surface area (Å²) in [4.78, 5) is 31.1. The summed E-state index contributed by atoms with van der Waals surface area (Å²) in [6.07, 6.45) is 0.135. The highest BCUT2D eigenvalue weighted by molar-refractivity contribution is 7.14. The number of hydrogen-bond donors (Lipinski definition) is 3. The van der Waals surface area contributed by atoms with Crippen molar-refractivity contribution < 1.29 is 9.59 Å². The summed E-state index contributed by atoms with van der Waals surface area (Å²) < 4.78 is 0. The lowest BCUT2D eigenvalue weighted by Gasteiger charge is -2.22. The second kappa shape index (κ2) is 10.6. The second-order valence-electron chi connectivity index (χ2n) is 6.99. The highest BCUT2D eigenvalue weighted by Gasteiger charge is 2.12. The molecule has 0 fully saturated rings. The van der Waals surface area contributed by atoms with Crippen LogP contribution in [0.1, 0.15) is 25.1 Å². The SMILES string of the molecule is CCN(CC)c1ccc(NC(=O)Cc2csc(NC(=O)Nc3ccccc3)n2)c(C)c1. The van der Waals surface area contributed by atoms with Crippen LogP contribution >= 0.6 is 11.3 Å². The van der Waals surface area contributed by atoms with Gasteiger partial charge >= 0.3 is 6.03 Å². The molecule has 3 aromatic rings. The van der Waals surface area contributed by atoms with Crippen molar-refractivity contribution in [2.75, 3.05) is 33.9 Å². The van der Waals surface area contributed by atoms with E-state index in [-0.39, 0.29) is 18.4 Å². The fourth-order valence-electron chi connectivity index (χ4n) is 3.16. The summed E-state index contributed by atoms with van der Waals surface area (Å²) in [5.74, 6) is -0.149. The number of nitrogens with zero attached hydrogens (tertiary/aromatic N) is 2. The summed E-state index contributed by atoms with van der Waals surface area (Å²) in [6, 6.07) is 14.8. The molecule has 1 heterocycles. The number of carbonyl (C=O) groups is 2. The summed E-state index contributed by atoms with van der Waals surface area (Å²) in [6.45, 7) is 8.10. The summed E-state index contributed by atoms with van der Waals surface area (Å²) in [5, 5.41) is 10.6. The van der Waals surface area contributed by atoms with Crippen molar-refractivity contribution in [1.82, 2.24) is 4.98 Å². The molecular weight excluding hydrogens is 410 g/mol. The monoisotopic (exact) mass is 437 g/mol. The van der Waals surface area contributed by atoms with E-state index in [9.17, 15) is 9.59 Å². The molecule has 2 aromatic carbocycles. The molecule has 0 saturated heterocycles. The van der Waals surface area contributed by atoms with Crippen LogP contribution in [-0.2, 0) is 11.2 Å². The van der Waals surface area contributed by atoms with Gasteiger partial charge in [-0.15, -0.1) is 11.3 Å². The summed E-state index contributed by atoms with van der Waals surface area (Å²) >= 11 is 1.28. The van der Waals surface area contributed by atoms with E-state index in [1.54, 1.807) is 17.5 Å². The predicted molar refractivity (Wildman–Crippen MR) is 128 cm³/mol. The molecule has 0 aliphatic rings. The van der Waals surface area contributed by atoms with Gasteiger partial charge in [-0.25, -0.2) is 9.78 Å². The van der Waals surface area contributed by atoms with E-state index in [0.29, 0.717) is 16.5 Å². The van der Waals surface area contributed by atoms with Gasteiger partial charge in [-0.05, 0) is 56.7 Å². The van der Waals surface area contributed by atoms with E-state index < -0.39 is 0 Å². The highest BCUT2D eigenvalue weighted by Crippen LogP contribution is 2.23. The Balaban J connectivity index is 1.54. The molecule has 7 nitrogen and oxygen atoms in total. The van der Waals surface area contributed by atoms with Crippen molar-refractivity contribution in [2.45, 2.75) is 27.2 Å². The van der Waals surface area contributed by atoms with Gasteiger partial charge in [0.05, 0.1) is 12.1 Å². The van der Waals surface area contributed by atoms with Crippen LogP contribution in [0.5, 0.6) is 0 Å². The Morgan fingerprint density at radius 1 is 1.00 bits per heavy atom. The molecule has 0 spiro atoms. The van der Waals surface area contributed by atoms with Crippen LogP contribution in [0.25, 0.3) is 0 Å². The van der Waals surface area contributed by atoms with Crippen molar-refractivity contribution in [2.24, 2.45) is 0 Å². The minimum absolute atomic E-state index is 0.135. The zero-order chi connectivity index (χ0) is 22.2. The minimum Gasteiger partial charge on any atom is -0.372 e. The Kier molecular flexibility index (Phi) is 7.61. The molecule has 8 heteroatoms. The lowest BCUT2D eigenvalue weighted by molar-refractivity contribution is -0.115. The van der Waals surface area contributed by atoms with Crippen LogP contribution in [-0.4, -0.2) is 30.0 Å². The lowest BCUT2D eigenvalue weighted by Crippen LogP contribution is -2.22. The van der Waals surface area contributed by atoms with Crippen LogP contribution in [0.3, 0.4) is 0 Å². The van der Waals surface area contributed by atoms with E-state index in [1.807, 2.05) is 37.3 Å². The Bertz CT molecular complexity index is 1030. The zero-order valence-electron chi connectivity index (χ0n) is 17.9. The smallest absolute Gasteiger partial charge is 0.325 e. The molecule has 0 radical (unpaired) electrons. The molecule has 0 atom stereocenters. The van der Waals surface area contributed by atoms with Gasteiger partial charge in [-0.2, -0.15) is 0 Å². The van der Waals surface area contributed by atoms with Crippen LogP contribution in [0.2, 0.25) is 0 Å². The van der Waals surface area contributed by atoms with Gasteiger partial charge in [0.1, 0.15) is 0 Å². The average molecular weight is 438 g/mol. The van der Waals surface area contributed by atoms with E-state index >= 15 is 0 Å². The number of nitrogens with one attached hydrogen (secondary N) is 3. The Morgan fingerprint density at radius 3 is 2.42 bits per heavy atom. The third-order valence-corrected chi connectivity index (χ3v) is 5.56. The number of benzene rings is 2. The number of para-hydroxylation sites is 1. The summed E-state index contributed by atoms with van der Waals surface area (Å²) in [5.41, 5.74) is 4.24. The number of rotatable bonds is 8.